The number of amides is 1. The summed E-state index contributed by atoms with van der Waals surface area (Å²) in [5.41, 5.74) is 1.93. The molecule has 0 fully saturated rings. The van der Waals surface area contributed by atoms with Gasteiger partial charge in [0.15, 0.2) is 9.84 Å². The van der Waals surface area contributed by atoms with Gasteiger partial charge in [0.2, 0.25) is 5.91 Å². The number of para-hydroxylation sites is 1. The fourth-order valence-electron chi connectivity index (χ4n) is 2.27. The van der Waals surface area contributed by atoms with Crippen LogP contribution in [0.1, 0.15) is 24.5 Å². The van der Waals surface area contributed by atoms with Gasteiger partial charge in [-0.25, -0.2) is 8.42 Å². The lowest BCUT2D eigenvalue weighted by molar-refractivity contribution is -0.118. The minimum atomic E-state index is -3.30. The van der Waals surface area contributed by atoms with E-state index in [1.807, 2.05) is 54.6 Å². The van der Waals surface area contributed by atoms with E-state index >= 15 is 0 Å². The number of ether oxygens (including phenoxy) is 1. The Bertz CT molecular complexity index is 771. The van der Waals surface area contributed by atoms with E-state index in [1.165, 1.54) is 0 Å². The Kier molecular flexibility index (Phi) is 7.01. The Morgan fingerprint density at radius 3 is 2.28 bits per heavy atom. The lowest BCUT2D eigenvalue weighted by atomic mass is 10.1. The number of carbonyl (C=O) groups is 1. The molecule has 0 atom stereocenters. The molecule has 0 bridgehead atoms. The van der Waals surface area contributed by atoms with Crippen molar-refractivity contribution >= 4 is 15.7 Å². The largest absolute Gasteiger partial charge is 0.489 e. The van der Waals surface area contributed by atoms with Crippen molar-refractivity contribution in [2.45, 2.75) is 26.5 Å². The van der Waals surface area contributed by atoms with Gasteiger partial charge in [0.05, 0.1) is 5.75 Å². The molecule has 1 amide bonds. The second-order valence-corrected chi connectivity index (χ2v) is 7.97. The van der Waals surface area contributed by atoms with E-state index < -0.39 is 21.5 Å². The Labute approximate surface area is 148 Å². The van der Waals surface area contributed by atoms with Crippen LogP contribution in [0.3, 0.4) is 0 Å². The van der Waals surface area contributed by atoms with Gasteiger partial charge in [0, 0.05) is 6.54 Å². The number of benzene rings is 2. The highest BCUT2D eigenvalue weighted by molar-refractivity contribution is 7.92. The predicted molar refractivity (Wildman–Crippen MR) is 98.0 cm³/mol. The van der Waals surface area contributed by atoms with Crippen LogP contribution in [0.25, 0.3) is 0 Å². The molecule has 0 radical (unpaired) electrons. The Balaban J connectivity index is 1.79. The van der Waals surface area contributed by atoms with Gasteiger partial charge < -0.3 is 10.1 Å². The summed E-state index contributed by atoms with van der Waals surface area (Å²) in [6.07, 6.45) is 0.516. The molecule has 6 heteroatoms. The Morgan fingerprint density at radius 2 is 1.64 bits per heavy atom. The molecule has 5 nitrogen and oxygen atoms in total. The first kappa shape index (κ1) is 19.0. The third kappa shape index (κ3) is 6.97. The van der Waals surface area contributed by atoms with Gasteiger partial charge >= 0.3 is 0 Å². The molecule has 0 aliphatic carbocycles. The minimum Gasteiger partial charge on any atom is -0.489 e. The maximum atomic E-state index is 11.7. The van der Waals surface area contributed by atoms with Gasteiger partial charge in [-0.1, -0.05) is 49.4 Å². The van der Waals surface area contributed by atoms with Gasteiger partial charge in [-0.3, -0.25) is 4.79 Å². The summed E-state index contributed by atoms with van der Waals surface area (Å²) >= 11 is 0. The van der Waals surface area contributed by atoms with Crippen LogP contribution in [0.15, 0.2) is 54.6 Å². The third-order valence-electron chi connectivity index (χ3n) is 3.53. The van der Waals surface area contributed by atoms with Gasteiger partial charge in [0.25, 0.3) is 0 Å². The second kappa shape index (κ2) is 9.22. The summed E-state index contributed by atoms with van der Waals surface area (Å²) in [5.74, 6) is -0.0718. The maximum Gasteiger partial charge on any atom is 0.235 e. The molecule has 2 aromatic rings. The molecule has 0 unspecified atom stereocenters. The van der Waals surface area contributed by atoms with E-state index in [-0.39, 0.29) is 5.75 Å². The van der Waals surface area contributed by atoms with Crippen molar-refractivity contribution in [3.05, 3.63) is 65.7 Å². The molecule has 0 saturated carbocycles. The normalized spacial score (nSPS) is 11.1. The van der Waals surface area contributed by atoms with Gasteiger partial charge in [-0.05, 0) is 29.7 Å². The van der Waals surface area contributed by atoms with E-state index in [0.29, 0.717) is 19.6 Å². The molecule has 2 rings (SSSR count). The summed E-state index contributed by atoms with van der Waals surface area (Å²) in [5, 5.41) is 2.64. The van der Waals surface area contributed by atoms with Crippen molar-refractivity contribution in [3.63, 3.8) is 0 Å². The molecule has 1 N–H and O–H groups in total. The number of carbonyl (C=O) groups excluding carboxylic acids is 1. The zero-order chi connectivity index (χ0) is 18.1. The van der Waals surface area contributed by atoms with Gasteiger partial charge in [0.1, 0.15) is 18.1 Å². The van der Waals surface area contributed by atoms with E-state index in [9.17, 15) is 13.2 Å². The first-order valence-corrected chi connectivity index (χ1v) is 10.0. The summed E-state index contributed by atoms with van der Waals surface area (Å²) in [4.78, 5) is 11.7. The van der Waals surface area contributed by atoms with Crippen LogP contribution in [0.4, 0.5) is 0 Å². The number of nitrogens with one attached hydrogen (secondary N) is 1. The van der Waals surface area contributed by atoms with Crippen LogP contribution in [0, 0.1) is 0 Å². The molecule has 0 aliphatic heterocycles. The lowest BCUT2D eigenvalue weighted by Crippen LogP contribution is -2.30. The fraction of sp³-hybridized carbons (Fsp3) is 0.316. The van der Waals surface area contributed by atoms with Crippen molar-refractivity contribution < 1.29 is 17.9 Å². The quantitative estimate of drug-likeness (QED) is 0.745. The number of rotatable bonds is 9. The first-order chi connectivity index (χ1) is 12.0. The standard InChI is InChI=1S/C19H23NO4S/c1-2-12-25(22,23)15-19(21)20-13-16-8-10-17(11-9-16)14-24-18-6-4-3-5-7-18/h3-11H,2,12-15H2,1H3,(H,20,21). The molecule has 134 valence electrons. The molecule has 0 heterocycles. The summed E-state index contributed by atoms with van der Waals surface area (Å²) in [6, 6.07) is 17.2. The van der Waals surface area contributed by atoms with E-state index in [4.69, 9.17) is 4.74 Å². The highest BCUT2D eigenvalue weighted by Gasteiger charge is 2.15. The SMILES string of the molecule is CCCS(=O)(=O)CC(=O)NCc1ccc(COc2ccccc2)cc1. The van der Waals surface area contributed by atoms with Crippen molar-refractivity contribution in [1.29, 1.82) is 0 Å². The molecule has 0 aliphatic rings. The van der Waals surface area contributed by atoms with Gasteiger partial charge in [-0.15, -0.1) is 0 Å². The van der Waals surface area contributed by atoms with Crippen molar-refractivity contribution in [2.75, 3.05) is 11.5 Å². The maximum absolute atomic E-state index is 11.7. The Morgan fingerprint density at radius 1 is 1.00 bits per heavy atom. The minimum absolute atomic E-state index is 0.0382. The average molecular weight is 361 g/mol. The zero-order valence-corrected chi connectivity index (χ0v) is 15.1. The van der Waals surface area contributed by atoms with E-state index in [0.717, 1.165) is 16.9 Å². The monoisotopic (exact) mass is 361 g/mol. The smallest absolute Gasteiger partial charge is 0.235 e. The third-order valence-corrected chi connectivity index (χ3v) is 5.26. The summed E-state index contributed by atoms with van der Waals surface area (Å²) < 4.78 is 28.9. The van der Waals surface area contributed by atoms with Crippen LogP contribution in [0.5, 0.6) is 5.75 Å². The van der Waals surface area contributed by atoms with Crippen LogP contribution in [-0.2, 0) is 27.8 Å². The highest BCUT2D eigenvalue weighted by Crippen LogP contribution is 2.12. The molecule has 2 aromatic carbocycles. The zero-order valence-electron chi connectivity index (χ0n) is 14.3. The number of hydrogen-bond donors (Lipinski definition) is 1. The molecular weight excluding hydrogens is 338 g/mol. The second-order valence-electron chi connectivity index (χ2n) is 5.79. The summed E-state index contributed by atoms with van der Waals surface area (Å²) in [6.45, 7) is 2.55. The molecule has 0 saturated heterocycles. The Hall–Kier alpha value is -2.34. The molecular formula is C19H23NO4S. The number of sulfone groups is 1. The van der Waals surface area contributed by atoms with Crippen molar-refractivity contribution in [1.82, 2.24) is 5.32 Å². The molecule has 0 aromatic heterocycles. The highest BCUT2D eigenvalue weighted by atomic mass is 32.2. The number of hydrogen-bond acceptors (Lipinski definition) is 4. The van der Waals surface area contributed by atoms with E-state index in [1.54, 1.807) is 6.92 Å². The van der Waals surface area contributed by atoms with Crippen LogP contribution in [0.2, 0.25) is 0 Å². The fourth-order valence-corrected chi connectivity index (χ4v) is 3.54. The van der Waals surface area contributed by atoms with Crippen molar-refractivity contribution in [3.8, 4) is 5.75 Å². The van der Waals surface area contributed by atoms with Crippen LogP contribution in [-0.4, -0.2) is 25.8 Å². The predicted octanol–water partition coefficient (Wildman–Crippen LogP) is 2.71. The molecule has 0 spiro atoms. The van der Waals surface area contributed by atoms with Crippen LogP contribution >= 0.6 is 0 Å². The van der Waals surface area contributed by atoms with Crippen LogP contribution < -0.4 is 10.1 Å². The van der Waals surface area contributed by atoms with Gasteiger partial charge in [-0.2, -0.15) is 0 Å². The topological polar surface area (TPSA) is 72.5 Å². The lowest BCUT2D eigenvalue weighted by Gasteiger charge is -2.08. The van der Waals surface area contributed by atoms with Crippen molar-refractivity contribution in [2.24, 2.45) is 0 Å². The van der Waals surface area contributed by atoms with E-state index in [2.05, 4.69) is 5.32 Å². The summed E-state index contributed by atoms with van der Waals surface area (Å²) in [7, 11) is -3.30. The average Bonchev–Trinajstić information content (AvgIpc) is 2.59. The first-order valence-electron chi connectivity index (χ1n) is 8.21. The molecule has 25 heavy (non-hydrogen) atoms.